The fourth-order valence-electron chi connectivity index (χ4n) is 1.49. The monoisotopic (exact) mass is 339 g/mol. The highest BCUT2D eigenvalue weighted by Gasteiger charge is 2.24. The topological polar surface area (TPSA) is 96.0 Å². The Balaban J connectivity index is 3.01. The molecule has 0 radical (unpaired) electrons. The Morgan fingerprint density at radius 3 is 2.55 bits per heavy atom. The highest BCUT2D eigenvalue weighted by Crippen LogP contribution is 2.26. The molecule has 112 valence electrons. The molecule has 20 heavy (non-hydrogen) atoms. The van der Waals surface area contributed by atoms with Crippen LogP contribution in [0.3, 0.4) is 0 Å². The van der Waals surface area contributed by atoms with Gasteiger partial charge in [0, 0.05) is 19.5 Å². The number of nitrogens with two attached hydrogens (primary N) is 1. The Labute approximate surface area is 127 Å². The van der Waals surface area contributed by atoms with E-state index in [0.717, 1.165) is 4.31 Å². The van der Waals surface area contributed by atoms with E-state index in [0.29, 0.717) is 0 Å². The van der Waals surface area contributed by atoms with Crippen LogP contribution < -0.4 is 5.73 Å². The third-order valence-electron chi connectivity index (χ3n) is 2.75. The predicted molar refractivity (Wildman–Crippen MR) is 78.9 cm³/mol. The molecule has 1 atom stereocenters. The maximum absolute atomic E-state index is 12.3. The molecule has 1 aromatic carbocycles. The van der Waals surface area contributed by atoms with Gasteiger partial charge in [-0.25, -0.2) is 12.7 Å². The van der Waals surface area contributed by atoms with E-state index in [9.17, 15) is 8.42 Å². The Hall–Kier alpha value is -1.02. The molecule has 0 aliphatic rings. The van der Waals surface area contributed by atoms with E-state index in [1.165, 1.54) is 25.2 Å². The molecule has 0 amide bonds. The molecule has 0 fully saturated rings. The first-order valence-corrected chi connectivity index (χ1v) is 7.78. The average Bonchev–Trinajstić information content (AvgIpc) is 2.40. The summed E-state index contributed by atoms with van der Waals surface area (Å²) in [6.45, 7) is 1.72. The summed E-state index contributed by atoms with van der Waals surface area (Å²) in [5.74, 6) is -0.469. The molecule has 0 spiro atoms. The van der Waals surface area contributed by atoms with Crippen molar-refractivity contribution in [2.45, 2.75) is 11.8 Å². The molecule has 9 heteroatoms. The number of hydrogen-bond acceptors (Lipinski definition) is 4. The summed E-state index contributed by atoms with van der Waals surface area (Å²) in [5, 5.41) is 11.9. The van der Waals surface area contributed by atoms with E-state index in [2.05, 4.69) is 5.16 Å². The van der Waals surface area contributed by atoms with E-state index in [4.69, 9.17) is 34.1 Å². The number of benzene rings is 1. The largest absolute Gasteiger partial charge is 0.409 e. The SMILES string of the molecule is CC(CN(C)S(=O)(=O)c1ccc(Cl)c(Cl)c1)C(N)=NO. The van der Waals surface area contributed by atoms with Crippen molar-refractivity contribution in [3.8, 4) is 0 Å². The van der Waals surface area contributed by atoms with E-state index in [-0.39, 0.29) is 27.3 Å². The smallest absolute Gasteiger partial charge is 0.242 e. The normalized spacial score (nSPS) is 14.6. The van der Waals surface area contributed by atoms with Crippen LogP contribution in [0.2, 0.25) is 10.0 Å². The maximum Gasteiger partial charge on any atom is 0.242 e. The number of amidine groups is 1. The zero-order chi connectivity index (χ0) is 15.5. The predicted octanol–water partition coefficient (Wildman–Crippen LogP) is 2.00. The third-order valence-corrected chi connectivity index (χ3v) is 5.31. The van der Waals surface area contributed by atoms with Gasteiger partial charge in [-0.2, -0.15) is 0 Å². The minimum absolute atomic E-state index is 0.0288. The molecule has 1 unspecified atom stereocenters. The fourth-order valence-corrected chi connectivity index (χ4v) is 3.14. The van der Waals surface area contributed by atoms with Crippen molar-refractivity contribution in [1.82, 2.24) is 4.31 Å². The van der Waals surface area contributed by atoms with Crippen molar-refractivity contribution in [3.63, 3.8) is 0 Å². The van der Waals surface area contributed by atoms with Gasteiger partial charge in [-0.1, -0.05) is 35.3 Å². The molecule has 0 heterocycles. The molecule has 0 saturated heterocycles. The van der Waals surface area contributed by atoms with Gasteiger partial charge in [0.05, 0.1) is 14.9 Å². The quantitative estimate of drug-likeness (QED) is 0.371. The molecule has 3 N–H and O–H groups in total. The van der Waals surface area contributed by atoms with E-state index in [1.54, 1.807) is 6.92 Å². The van der Waals surface area contributed by atoms with Crippen molar-refractivity contribution in [2.75, 3.05) is 13.6 Å². The minimum Gasteiger partial charge on any atom is -0.409 e. The van der Waals surface area contributed by atoms with Gasteiger partial charge in [-0.15, -0.1) is 0 Å². The lowest BCUT2D eigenvalue weighted by atomic mass is 10.2. The summed E-state index contributed by atoms with van der Waals surface area (Å²) in [5.41, 5.74) is 5.43. The molecule has 0 aliphatic carbocycles. The van der Waals surface area contributed by atoms with Gasteiger partial charge in [0.1, 0.15) is 5.84 Å². The van der Waals surface area contributed by atoms with E-state index in [1.807, 2.05) is 0 Å². The second-order valence-electron chi connectivity index (χ2n) is 4.29. The minimum atomic E-state index is -3.72. The summed E-state index contributed by atoms with van der Waals surface area (Å²) in [4.78, 5) is 0.0288. The van der Waals surface area contributed by atoms with E-state index >= 15 is 0 Å². The first-order valence-electron chi connectivity index (χ1n) is 5.59. The number of rotatable bonds is 5. The van der Waals surface area contributed by atoms with Gasteiger partial charge in [0.15, 0.2) is 0 Å². The van der Waals surface area contributed by atoms with Crippen molar-refractivity contribution in [1.29, 1.82) is 0 Å². The number of nitrogens with zero attached hydrogens (tertiary/aromatic N) is 2. The molecule has 1 rings (SSSR count). The highest BCUT2D eigenvalue weighted by atomic mass is 35.5. The van der Waals surface area contributed by atoms with Crippen molar-refractivity contribution < 1.29 is 13.6 Å². The third kappa shape index (κ3) is 3.76. The Bertz CT molecular complexity index is 619. The van der Waals surface area contributed by atoms with Crippen LogP contribution in [0.15, 0.2) is 28.3 Å². The number of halogens is 2. The lowest BCUT2D eigenvalue weighted by Crippen LogP contribution is -2.36. The lowest BCUT2D eigenvalue weighted by Gasteiger charge is -2.20. The Morgan fingerprint density at radius 1 is 1.45 bits per heavy atom. The van der Waals surface area contributed by atoms with Crippen molar-refractivity contribution in [2.24, 2.45) is 16.8 Å². The van der Waals surface area contributed by atoms with Crippen LogP contribution in [0.1, 0.15) is 6.92 Å². The van der Waals surface area contributed by atoms with Gasteiger partial charge in [0.25, 0.3) is 0 Å². The standard InChI is InChI=1S/C11H15Cl2N3O3S/c1-7(11(14)15-17)6-16(2)20(18,19)8-3-4-9(12)10(13)5-8/h3-5,7,17H,6H2,1-2H3,(H2,14,15). The molecule has 6 nitrogen and oxygen atoms in total. The molecule has 1 aromatic rings. The average molecular weight is 340 g/mol. The summed E-state index contributed by atoms with van der Waals surface area (Å²) in [6, 6.07) is 4.07. The van der Waals surface area contributed by atoms with Gasteiger partial charge >= 0.3 is 0 Å². The molecule has 0 aliphatic heterocycles. The van der Waals surface area contributed by atoms with Gasteiger partial charge in [0.2, 0.25) is 10.0 Å². The fraction of sp³-hybridized carbons (Fsp3) is 0.364. The van der Waals surface area contributed by atoms with E-state index < -0.39 is 15.9 Å². The Kier molecular flexibility index (Phi) is 5.64. The Morgan fingerprint density at radius 2 is 2.05 bits per heavy atom. The number of oxime groups is 1. The maximum atomic E-state index is 12.3. The van der Waals surface area contributed by atoms with Gasteiger partial charge < -0.3 is 10.9 Å². The van der Waals surface area contributed by atoms with Gasteiger partial charge in [-0.3, -0.25) is 0 Å². The number of hydrogen-bond donors (Lipinski definition) is 2. The second kappa shape index (κ2) is 6.62. The van der Waals surface area contributed by atoms with Crippen LogP contribution in [0.5, 0.6) is 0 Å². The highest BCUT2D eigenvalue weighted by molar-refractivity contribution is 7.89. The molecule has 0 aromatic heterocycles. The zero-order valence-corrected chi connectivity index (χ0v) is 13.2. The first-order chi connectivity index (χ1) is 9.20. The second-order valence-corrected chi connectivity index (χ2v) is 7.15. The molecular weight excluding hydrogens is 325 g/mol. The van der Waals surface area contributed by atoms with Crippen LogP contribution in [0, 0.1) is 5.92 Å². The van der Waals surface area contributed by atoms with Crippen LogP contribution >= 0.6 is 23.2 Å². The van der Waals surface area contributed by atoms with Crippen LogP contribution in [0.4, 0.5) is 0 Å². The van der Waals surface area contributed by atoms with Crippen LogP contribution in [0.25, 0.3) is 0 Å². The molecule has 0 bridgehead atoms. The first kappa shape index (κ1) is 17.0. The van der Waals surface area contributed by atoms with Crippen molar-refractivity contribution >= 4 is 39.1 Å². The summed E-state index contributed by atoms with van der Waals surface area (Å²) in [6.07, 6.45) is 0. The zero-order valence-electron chi connectivity index (χ0n) is 10.9. The van der Waals surface area contributed by atoms with Crippen LogP contribution in [-0.2, 0) is 10.0 Å². The molecular formula is C11H15Cl2N3O3S. The van der Waals surface area contributed by atoms with Crippen molar-refractivity contribution in [3.05, 3.63) is 28.2 Å². The lowest BCUT2D eigenvalue weighted by molar-refractivity contribution is 0.312. The summed E-state index contributed by atoms with van der Waals surface area (Å²) < 4.78 is 25.8. The van der Waals surface area contributed by atoms with Gasteiger partial charge in [-0.05, 0) is 18.2 Å². The number of sulfonamides is 1. The van der Waals surface area contributed by atoms with Crippen LogP contribution in [-0.4, -0.2) is 37.4 Å². The molecule has 0 saturated carbocycles. The summed E-state index contributed by atoms with van der Waals surface area (Å²) in [7, 11) is -2.32. The summed E-state index contributed by atoms with van der Waals surface area (Å²) >= 11 is 11.6.